The zero-order valence-corrected chi connectivity index (χ0v) is 20.5. The van der Waals surface area contributed by atoms with Crippen LogP contribution >= 0.6 is 0 Å². The first-order valence-electron chi connectivity index (χ1n) is 11.8. The van der Waals surface area contributed by atoms with Gasteiger partial charge in [-0.3, -0.25) is 0 Å². The van der Waals surface area contributed by atoms with Crippen molar-refractivity contribution in [2.24, 2.45) is 4.99 Å². The molecule has 37 heavy (non-hydrogen) atoms. The molecule has 0 radical (unpaired) electrons. The molecule has 0 amide bonds. The van der Waals surface area contributed by atoms with Gasteiger partial charge in [-0.25, -0.2) is 4.99 Å². The van der Waals surface area contributed by atoms with E-state index in [0.29, 0.717) is 22.8 Å². The van der Waals surface area contributed by atoms with E-state index in [1.54, 1.807) is 20.4 Å². The minimum absolute atomic E-state index is 0.248. The molecule has 0 fully saturated rings. The predicted molar refractivity (Wildman–Crippen MR) is 147 cm³/mol. The first-order chi connectivity index (χ1) is 18.2. The number of furan rings is 1. The molecule has 0 bridgehead atoms. The lowest BCUT2D eigenvalue weighted by atomic mass is 9.97. The smallest absolute Gasteiger partial charge is 0.238 e. The van der Waals surface area contributed by atoms with E-state index >= 15 is 0 Å². The lowest BCUT2D eigenvalue weighted by Crippen LogP contribution is -1.91. The molecule has 5 heteroatoms. The van der Waals surface area contributed by atoms with Gasteiger partial charge in [0.25, 0.3) is 0 Å². The maximum atomic E-state index is 10.1. The molecule has 0 aliphatic heterocycles. The molecule has 180 valence electrons. The molecule has 0 unspecified atom stereocenters. The molecule has 5 aromatic rings. The van der Waals surface area contributed by atoms with Gasteiger partial charge in [0.05, 0.1) is 14.2 Å². The second-order valence-electron chi connectivity index (χ2n) is 8.28. The van der Waals surface area contributed by atoms with E-state index in [1.165, 1.54) is 0 Å². The van der Waals surface area contributed by atoms with Crippen molar-refractivity contribution in [3.8, 4) is 51.1 Å². The second kappa shape index (κ2) is 10.7. The summed E-state index contributed by atoms with van der Waals surface area (Å²) < 4.78 is 17.0. The highest BCUT2D eigenvalue weighted by Gasteiger charge is 2.22. The molecule has 0 atom stereocenters. The summed E-state index contributed by atoms with van der Waals surface area (Å²) in [5.41, 5.74) is 5.87. The minimum atomic E-state index is 0.248. The van der Waals surface area contributed by atoms with Gasteiger partial charge in [-0.15, -0.1) is 0 Å². The Hall–Kier alpha value is -5.08. The molecule has 0 saturated heterocycles. The van der Waals surface area contributed by atoms with Crippen molar-refractivity contribution in [2.45, 2.75) is 0 Å². The topological polar surface area (TPSA) is 67.8 Å². The Kier molecular flexibility index (Phi) is 6.82. The number of methoxy groups -OCH3 is 2. The van der Waals surface area contributed by atoms with Crippen LogP contribution in [0, 0.1) is 11.3 Å². The first kappa shape index (κ1) is 23.7. The summed E-state index contributed by atoms with van der Waals surface area (Å²) in [5.74, 6) is 2.07. The van der Waals surface area contributed by atoms with E-state index in [2.05, 4.69) is 35.3 Å². The number of hydrogen-bond donors (Lipinski definition) is 0. The number of benzene rings is 4. The fraction of sp³-hybridized carbons (Fsp3) is 0.0625. The third-order valence-electron chi connectivity index (χ3n) is 6.06. The van der Waals surface area contributed by atoms with Crippen molar-refractivity contribution in [1.82, 2.24) is 0 Å². The van der Waals surface area contributed by atoms with Gasteiger partial charge in [0.15, 0.2) is 11.5 Å². The van der Waals surface area contributed by atoms with Crippen LogP contribution in [0.5, 0.6) is 11.5 Å². The minimum Gasteiger partial charge on any atom is -0.493 e. The Morgan fingerprint density at radius 3 is 1.92 bits per heavy atom. The maximum Gasteiger partial charge on any atom is 0.238 e. The molecule has 0 aliphatic carbocycles. The number of rotatable bonds is 7. The molecule has 0 N–H and O–H groups in total. The van der Waals surface area contributed by atoms with Crippen LogP contribution in [-0.4, -0.2) is 20.4 Å². The van der Waals surface area contributed by atoms with E-state index in [1.807, 2.05) is 78.9 Å². The molecule has 1 heterocycles. The highest BCUT2D eigenvalue weighted by Crippen LogP contribution is 2.43. The normalized spacial score (nSPS) is 10.8. The fourth-order valence-electron chi connectivity index (χ4n) is 4.21. The van der Waals surface area contributed by atoms with E-state index in [9.17, 15) is 5.26 Å². The average molecular weight is 485 g/mol. The van der Waals surface area contributed by atoms with Crippen LogP contribution in [0.2, 0.25) is 0 Å². The zero-order valence-electron chi connectivity index (χ0n) is 20.5. The van der Waals surface area contributed by atoms with Crippen molar-refractivity contribution >= 4 is 12.1 Å². The lowest BCUT2D eigenvalue weighted by Gasteiger charge is -2.07. The monoisotopic (exact) mass is 484 g/mol. The Balaban J connectivity index is 1.59. The SMILES string of the molecule is COc1ccc(C=Nc2oc(-c3ccc(-c4ccccc4)cc3)c(-c3ccccc3)c2C#N)cc1OC. The summed E-state index contributed by atoms with van der Waals surface area (Å²) in [6.07, 6.45) is 1.65. The van der Waals surface area contributed by atoms with Crippen LogP contribution in [0.15, 0.2) is 113 Å². The average Bonchev–Trinajstić information content (AvgIpc) is 3.35. The number of hydrogen-bond acceptors (Lipinski definition) is 5. The third kappa shape index (κ3) is 4.86. The molecule has 5 rings (SSSR count). The zero-order chi connectivity index (χ0) is 25.6. The van der Waals surface area contributed by atoms with Crippen molar-refractivity contribution < 1.29 is 13.9 Å². The fourth-order valence-corrected chi connectivity index (χ4v) is 4.21. The number of nitrogens with zero attached hydrogens (tertiary/aromatic N) is 2. The summed E-state index contributed by atoms with van der Waals surface area (Å²) in [6.45, 7) is 0. The highest BCUT2D eigenvalue weighted by molar-refractivity contribution is 5.90. The van der Waals surface area contributed by atoms with Gasteiger partial charge in [0.2, 0.25) is 5.88 Å². The molecule has 5 nitrogen and oxygen atoms in total. The Morgan fingerprint density at radius 2 is 1.30 bits per heavy atom. The Labute approximate surface area is 215 Å². The maximum absolute atomic E-state index is 10.1. The molecular formula is C32H24N2O3. The van der Waals surface area contributed by atoms with Crippen molar-refractivity contribution in [3.63, 3.8) is 0 Å². The standard InChI is InChI=1S/C32H24N2O3/c1-35-28-18-13-22(19-29(28)36-2)21-34-32-27(20-33)30(25-11-7-4-8-12-25)31(37-32)26-16-14-24(15-17-26)23-9-5-3-6-10-23/h3-19,21H,1-2H3. The van der Waals surface area contributed by atoms with Gasteiger partial charge in [-0.1, -0.05) is 84.9 Å². The largest absolute Gasteiger partial charge is 0.493 e. The molecule has 1 aromatic heterocycles. The van der Waals surface area contributed by atoms with E-state index in [-0.39, 0.29) is 5.88 Å². The number of aliphatic imine (C=N–C) groups is 1. The third-order valence-corrected chi connectivity index (χ3v) is 6.06. The Morgan fingerprint density at radius 1 is 0.703 bits per heavy atom. The number of nitriles is 1. The van der Waals surface area contributed by atoms with Crippen molar-refractivity contribution in [3.05, 3.63) is 114 Å². The Bertz CT molecular complexity index is 1580. The second-order valence-corrected chi connectivity index (χ2v) is 8.28. The quantitative estimate of drug-likeness (QED) is 0.220. The van der Waals surface area contributed by atoms with Gasteiger partial charge >= 0.3 is 0 Å². The van der Waals surface area contributed by atoms with Gasteiger partial charge in [0.1, 0.15) is 17.4 Å². The molecule has 0 saturated carbocycles. The van der Waals surface area contributed by atoms with Crippen LogP contribution in [0.25, 0.3) is 33.6 Å². The summed E-state index contributed by atoms with van der Waals surface area (Å²) >= 11 is 0. The first-order valence-corrected chi connectivity index (χ1v) is 11.8. The van der Waals surface area contributed by atoms with Crippen molar-refractivity contribution in [1.29, 1.82) is 5.26 Å². The van der Waals surface area contributed by atoms with Crippen LogP contribution < -0.4 is 9.47 Å². The lowest BCUT2D eigenvalue weighted by molar-refractivity contribution is 0.355. The highest BCUT2D eigenvalue weighted by atomic mass is 16.5. The van der Waals surface area contributed by atoms with E-state index < -0.39 is 0 Å². The summed E-state index contributed by atoms with van der Waals surface area (Å²) in [5, 5.41) is 10.1. The number of ether oxygens (including phenoxy) is 2. The van der Waals surface area contributed by atoms with Crippen molar-refractivity contribution in [2.75, 3.05) is 14.2 Å². The molecule has 4 aromatic carbocycles. The van der Waals surface area contributed by atoms with Crippen LogP contribution in [0.1, 0.15) is 11.1 Å². The summed E-state index contributed by atoms with van der Waals surface area (Å²) in [4.78, 5) is 4.57. The molecule has 0 spiro atoms. The summed E-state index contributed by atoms with van der Waals surface area (Å²) in [6, 6.07) is 35.9. The van der Waals surface area contributed by atoms with Gasteiger partial charge in [-0.2, -0.15) is 5.26 Å². The van der Waals surface area contributed by atoms with Crippen LogP contribution in [-0.2, 0) is 0 Å². The van der Waals surface area contributed by atoms with Gasteiger partial charge in [-0.05, 0) is 40.5 Å². The van der Waals surface area contributed by atoms with Crippen LogP contribution in [0.4, 0.5) is 5.88 Å². The van der Waals surface area contributed by atoms with Crippen LogP contribution in [0.3, 0.4) is 0 Å². The van der Waals surface area contributed by atoms with Gasteiger partial charge < -0.3 is 13.9 Å². The molecular weight excluding hydrogens is 460 g/mol. The molecule has 0 aliphatic rings. The van der Waals surface area contributed by atoms with E-state index in [0.717, 1.165) is 33.4 Å². The summed E-state index contributed by atoms with van der Waals surface area (Å²) in [7, 11) is 3.17. The van der Waals surface area contributed by atoms with Gasteiger partial charge in [0, 0.05) is 17.3 Å². The predicted octanol–water partition coefficient (Wildman–Crippen LogP) is 7.92. The van der Waals surface area contributed by atoms with E-state index in [4.69, 9.17) is 13.9 Å².